The Bertz CT molecular complexity index is 531. The van der Waals surface area contributed by atoms with Crippen LogP contribution in [0.5, 0.6) is 0 Å². The number of amides is 1. The van der Waals surface area contributed by atoms with Crippen LogP contribution in [-0.4, -0.2) is 30.5 Å². The topological polar surface area (TPSA) is 84.3 Å². The van der Waals surface area contributed by atoms with Gasteiger partial charge in [0, 0.05) is 12.6 Å². The lowest BCUT2D eigenvalue weighted by Gasteiger charge is -2.22. The van der Waals surface area contributed by atoms with E-state index in [0.717, 1.165) is 19.5 Å². The number of hydrogen-bond acceptors (Lipinski definition) is 4. The summed E-state index contributed by atoms with van der Waals surface area (Å²) in [5.41, 5.74) is 0.664. The van der Waals surface area contributed by atoms with E-state index < -0.39 is 4.92 Å². The van der Waals surface area contributed by atoms with Crippen LogP contribution >= 0.6 is 12.4 Å². The highest BCUT2D eigenvalue weighted by molar-refractivity contribution is 5.99. The summed E-state index contributed by atoms with van der Waals surface area (Å²) in [4.78, 5) is 22.7. The second-order valence-corrected chi connectivity index (χ2v) is 5.48. The zero-order valence-corrected chi connectivity index (χ0v) is 13.4. The van der Waals surface area contributed by atoms with E-state index in [9.17, 15) is 14.9 Å². The normalized spacial score (nSPS) is 17.4. The van der Waals surface area contributed by atoms with Crippen molar-refractivity contribution in [2.24, 2.45) is 5.92 Å². The number of hydrogen-bond donors (Lipinski definition) is 2. The molecule has 1 heterocycles. The van der Waals surface area contributed by atoms with Crippen LogP contribution in [0, 0.1) is 23.0 Å². The molecular weight excluding hydrogens is 306 g/mol. The summed E-state index contributed by atoms with van der Waals surface area (Å²) in [5, 5.41) is 17.2. The van der Waals surface area contributed by atoms with Crippen LogP contribution < -0.4 is 10.6 Å². The summed E-state index contributed by atoms with van der Waals surface area (Å²) >= 11 is 0. The van der Waals surface area contributed by atoms with Crippen molar-refractivity contribution in [3.8, 4) is 0 Å². The zero-order chi connectivity index (χ0) is 15.2. The van der Waals surface area contributed by atoms with Gasteiger partial charge in [0.2, 0.25) is 0 Å². The minimum atomic E-state index is -0.507. The van der Waals surface area contributed by atoms with Crippen LogP contribution in [0.2, 0.25) is 0 Å². The van der Waals surface area contributed by atoms with Gasteiger partial charge in [0.25, 0.3) is 11.6 Å². The molecule has 1 aromatic carbocycles. The summed E-state index contributed by atoms with van der Waals surface area (Å²) in [6, 6.07) is 4.68. The molecule has 0 aromatic heterocycles. The zero-order valence-electron chi connectivity index (χ0n) is 12.6. The molecule has 7 heteroatoms. The Morgan fingerprint density at radius 1 is 1.50 bits per heavy atom. The first-order chi connectivity index (χ1) is 10.1. The van der Waals surface area contributed by atoms with Gasteiger partial charge in [-0.3, -0.25) is 14.9 Å². The average Bonchev–Trinajstić information content (AvgIpc) is 2.47. The second-order valence-electron chi connectivity index (χ2n) is 5.48. The van der Waals surface area contributed by atoms with E-state index in [1.165, 1.54) is 18.9 Å². The number of piperidine rings is 1. The van der Waals surface area contributed by atoms with E-state index in [0.29, 0.717) is 18.0 Å². The molecule has 0 radical (unpaired) electrons. The third kappa shape index (κ3) is 4.68. The average molecular weight is 328 g/mol. The molecule has 1 saturated heterocycles. The highest BCUT2D eigenvalue weighted by atomic mass is 35.5. The Kier molecular flexibility index (Phi) is 7.27. The highest BCUT2D eigenvalue weighted by Crippen LogP contribution is 2.21. The van der Waals surface area contributed by atoms with Crippen molar-refractivity contribution >= 4 is 24.0 Å². The Labute approximate surface area is 136 Å². The number of carbonyl (C=O) groups is 1. The van der Waals surface area contributed by atoms with Gasteiger partial charge < -0.3 is 10.6 Å². The molecule has 6 nitrogen and oxygen atoms in total. The molecule has 0 aliphatic carbocycles. The van der Waals surface area contributed by atoms with Gasteiger partial charge in [-0.1, -0.05) is 12.1 Å². The molecule has 122 valence electrons. The standard InChI is InChI=1S/C15H21N3O3.ClH/c1-11-4-2-6-13(18(20)21)14(11)15(19)17-9-7-12-5-3-8-16-10-12;/h2,4,6,12,16H,3,5,7-10H2,1H3,(H,17,19);1H. The maximum atomic E-state index is 12.2. The smallest absolute Gasteiger partial charge is 0.282 e. The molecule has 1 unspecified atom stereocenters. The number of nitrogens with one attached hydrogen (secondary N) is 2. The van der Waals surface area contributed by atoms with E-state index in [1.54, 1.807) is 19.1 Å². The lowest BCUT2D eigenvalue weighted by Crippen LogP contribution is -2.33. The molecule has 0 saturated carbocycles. The monoisotopic (exact) mass is 327 g/mol. The summed E-state index contributed by atoms with van der Waals surface area (Å²) in [6.07, 6.45) is 3.24. The fourth-order valence-corrected chi connectivity index (χ4v) is 2.75. The van der Waals surface area contributed by atoms with E-state index in [1.807, 2.05) is 0 Å². The van der Waals surface area contributed by atoms with Gasteiger partial charge in [-0.05, 0) is 50.8 Å². The van der Waals surface area contributed by atoms with Gasteiger partial charge in [0.05, 0.1) is 4.92 Å². The lowest BCUT2D eigenvalue weighted by atomic mass is 9.96. The van der Waals surface area contributed by atoms with Crippen molar-refractivity contribution in [1.82, 2.24) is 10.6 Å². The third-order valence-corrected chi connectivity index (χ3v) is 3.91. The maximum absolute atomic E-state index is 12.2. The van der Waals surface area contributed by atoms with Crippen molar-refractivity contribution in [1.29, 1.82) is 0 Å². The number of nitro groups is 1. The number of benzene rings is 1. The van der Waals surface area contributed by atoms with Gasteiger partial charge >= 0.3 is 0 Å². The van der Waals surface area contributed by atoms with E-state index >= 15 is 0 Å². The molecule has 1 aliphatic heterocycles. The van der Waals surface area contributed by atoms with Crippen LogP contribution in [0.15, 0.2) is 18.2 Å². The fourth-order valence-electron chi connectivity index (χ4n) is 2.75. The quantitative estimate of drug-likeness (QED) is 0.642. The van der Waals surface area contributed by atoms with Crippen LogP contribution in [0.25, 0.3) is 0 Å². The summed E-state index contributed by atoms with van der Waals surface area (Å²) in [7, 11) is 0. The van der Waals surface area contributed by atoms with Crippen molar-refractivity contribution in [2.45, 2.75) is 26.2 Å². The molecule has 1 atom stereocenters. The van der Waals surface area contributed by atoms with E-state index in [-0.39, 0.29) is 29.6 Å². The largest absolute Gasteiger partial charge is 0.352 e. The second kappa shape index (κ2) is 8.70. The summed E-state index contributed by atoms with van der Waals surface area (Å²) in [6.45, 7) is 4.32. The van der Waals surface area contributed by atoms with Crippen LogP contribution in [0.1, 0.15) is 35.2 Å². The molecule has 22 heavy (non-hydrogen) atoms. The molecule has 2 rings (SSSR count). The number of aryl methyl sites for hydroxylation is 1. The molecule has 0 spiro atoms. The number of halogens is 1. The minimum absolute atomic E-state index is 0. The van der Waals surface area contributed by atoms with E-state index in [4.69, 9.17) is 0 Å². The molecule has 2 N–H and O–H groups in total. The molecular formula is C15H22ClN3O3. The minimum Gasteiger partial charge on any atom is -0.352 e. The first-order valence-electron chi connectivity index (χ1n) is 7.32. The molecule has 1 fully saturated rings. The van der Waals surface area contributed by atoms with Gasteiger partial charge in [-0.25, -0.2) is 0 Å². The lowest BCUT2D eigenvalue weighted by molar-refractivity contribution is -0.385. The van der Waals surface area contributed by atoms with Gasteiger partial charge in [0.15, 0.2) is 0 Å². The van der Waals surface area contributed by atoms with Crippen LogP contribution in [0.3, 0.4) is 0 Å². The van der Waals surface area contributed by atoms with Gasteiger partial charge in [-0.15, -0.1) is 12.4 Å². The first-order valence-corrected chi connectivity index (χ1v) is 7.32. The fraction of sp³-hybridized carbons (Fsp3) is 0.533. The van der Waals surface area contributed by atoms with Crippen molar-refractivity contribution in [3.05, 3.63) is 39.4 Å². The Morgan fingerprint density at radius 2 is 2.27 bits per heavy atom. The summed E-state index contributed by atoms with van der Waals surface area (Å²) < 4.78 is 0. The van der Waals surface area contributed by atoms with Crippen molar-refractivity contribution in [2.75, 3.05) is 19.6 Å². The van der Waals surface area contributed by atoms with Crippen molar-refractivity contribution in [3.63, 3.8) is 0 Å². The van der Waals surface area contributed by atoms with Crippen molar-refractivity contribution < 1.29 is 9.72 Å². The Morgan fingerprint density at radius 3 is 2.91 bits per heavy atom. The van der Waals surface area contributed by atoms with E-state index in [2.05, 4.69) is 10.6 Å². The predicted molar refractivity (Wildman–Crippen MR) is 87.6 cm³/mol. The molecule has 1 aromatic rings. The number of nitro benzene ring substituents is 1. The first kappa shape index (κ1) is 18.4. The third-order valence-electron chi connectivity index (χ3n) is 3.91. The molecule has 1 amide bonds. The number of rotatable bonds is 5. The van der Waals surface area contributed by atoms with Gasteiger partial charge in [0.1, 0.15) is 5.56 Å². The SMILES string of the molecule is Cc1cccc([N+](=O)[O-])c1C(=O)NCCC1CCCNC1.Cl. The van der Waals surface area contributed by atoms with Crippen LogP contribution in [0.4, 0.5) is 5.69 Å². The number of nitrogens with zero attached hydrogens (tertiary/aromatic N) is 1. The molecule has 1 aliphatic rings. The summed E-state index contributed by atoms with van der Waals surface area (Å²) in [5.74, 6) is 0.217. The Balaban J connectivity index is 0.00000242. The maximum Gasteiger partial charge on any atom is 0.282 e. The highest BCUT2D eigenvalue weighted by Gasteiger charge is 2.22. The van der Waals surface area contributed by atoms with Gasteiger partial charge in [-0.2, -0.15) is 0 Å². The number of carbonyl (C=O) groups excluding carboxylic acids is 1. The predicted octanol–water partition coefficient (Wildman–Crippen LogP) is 2.44. The Hall–Kier alpha value is -1.66. The molecule has 0 bridgehead atoms. The van der Waals surface area contributed by atoms with Crippen LogP contribution in [-0.2, 0) is 0 Å².